The van der Waals surface area contributed by atoms with Gasteiger partial charge < -0.3 is 20.4 Å². The first-order valence-corrected chi connectivity index (χ1v) is 14.0. The van der Waals surface area contributed by atoms with Crippen LogP contribution in [-0.2, 0) is 53.3 Å². The molecule has 0 aliphatic heterocycles. The maximum atomic E-state index is 9.96. The van der Waals surface area contributed by atoms with Gasteiger partial charge in [0.25, 0.3) is 0 Å². The van der Waals surface area contributed by atoms with Gasteiger partial charge >= 0.3 is 23.9 Å². The molecule has 0 saturated carbocycles. The number of rotatable bonds is 20. The third-order valence-electron chi connectivity index (χ3n) is 4.98. The summed E-state index contributed by atoms with van der Waals surface area (Å²) >= 11 is 0. The van der Waals surface area contributed by atoms with Crippen molar-refractivity contribution in [1.82, 2.24) is 0 Å². The molecule has 10 heteroatoms. The number of carbonyl (C=O) groups is 4. The molecule has 0 aromatic carbocycles. The molecule has 4 N–H and O–H groups in total. The number of hydrogen-bond donors (Lipinski definition) is 4. The predicted molar refractivity (Wildman–Crippen MR) is 146 cm³/mol. The Morgan fingerprint density at radius 1 is 0.342 bits per heavy atom. The maximum Gasteiger partial charge on any atom is 0.303 e. The molecule has 0 aromatic heterocycles. The van der Waals surface area contributed by atoms with Crippen molar-refractivity contribution in [2.75, 3.05) is 0 Å². The Morgan fingerprint density at radius 3 is 0.605 bits per heavy atom. The fourth-order valence-corrected chi connectivity index (χ4v) is 2.81. The summed E-state index contributed by atoms with van der Waals surface area (Å²) in [4.78, 5) is 39.8. The van der Waals surface area contributed by atoms with Crippen LogP contribution in [0.1, 0.15) is 156 Å². The molecule has 0 radical (unpaired) electrons. The zero-order chi connectivity index (χ0) is 28.5. The molecule has 0 fully saturated rings. The van der Waals surface area contributed by atoms with Crippen molar-refractivity contribution < 1.29 is 73.7 Å². The first kappa shape index (κ1) is 49.8. The minimum absolute atomic E-state index is 0. The van der Waals surface area contributed by atoms with Crippen LogP contribution in [0.4, 0.5) is 0 Å². The molecule has 0 saturated heterocycles. The van der Waals surface area contributed by atoms with Crippen molar-refractivity contribution in [2.24, 2.45) is 0 Å². The van der Waals surface area contributed by atoms with Gasteiger partial charge in [0.1, 0.15) is 0 Å². The Balaban J connectivity index is -0.0000000883. The molecule has 0 amide bonds. The molecule has 0 aliphatic rings. The van der Waals surface area contributed by atoms with E-state index < -0.39 is 23.9 Å². The quantitative estimate of drug-likeness (QED) is 0.0776. The van der Waals surface area contributed by atoms with Crippen LogP contribution in [0.5, 0.6) is 0 Å². The molecule has 0 aromatic rings. The second-order valence-corrected chi connectivity index (χ2v) is 8.82. The Bertz CT molecular complexity index is 415. The summed E-state index contributed by atoms with van der Waals surface area (Å²) in [6, 6.07) is 0. The van der Waals surface area contributed by atoms with Crippen molar-refractivity contribution in [3.05, 3.63) is 0 Å². The van der Waals surface area contributed by atoms with Crippen LogP contribution >= 0.6 is 0 Å². The van der Waals surface area contributed by atoms with Gasteiger partial charge in [-0.1, -0.05) is 105 Å². The van der Waals surface area contributed by atoms with Crippen LogP contribution in [-0.4, -0.2) is 44.3 Å². The van der Waals surface area contributed by atoms with Crippen molar-refractivity contribution in [3.8, 4) is 0 Å². The molecule has 0 rings (SSSR count). The smallest absolute Gasteiger partial charge is 0.303 e. The monoisotopic (exact) mass is 632 g/mol. The van der Waals surface area contributed by atoms with Crippen molar-refractivity contribution in [1.29, 1.82) is 0 Å². The van der Waals surface area contributed by atoms with Crippen molar-refractivity contribution in [2.45, 2.75) is 156 Å². The van der Waals surface area contributed by atoms with E-state index in [1.807, 2.05) is 0 Å². The fourth-order valence-electron chi connectivity index (χ4n) is 2.81. The van der Waals surface area contributed by atoms with Gasteiger partial charge in [-0.2, -0.15) is 0 Å². The van der Waals surface area contributed by atoms with E-state index >= 15 is 0 Å². The Kier molecular flexibility index (Phi) is 60.1. The van der Waals surface area contributed by atoms with E-state index in [0.717, 1.165) is 77.0 Å². The van der Waals surface area contributed by atoms with Gasteiger partial charge in [-0.25, -0.2) is 0 Å². The van der Waals surface area contributed by atoms with Crippen LogP contribution in [0.3, 0.4) is 0 Å². The first-order valence-electron chi connectivity index (χ1n) is 14.0. The van der Waals surface area contributed by atoms with Crippen LogP contribution in [0.2, 0.25) is 0 Å². The van der Waals surface area contributed by atoms with Crippen LogP contribution in [0.15, 0.2) is 0 Å². The van der Waals surface area contributed by atoms with Gasteiger partial charge in [0.2, 0.25) is 0 Å². The second-order valence-electron chi connectivity index (χ2n) is 8.82. The predicted octanol–water partition coefficient (Wildman–Crippen LogP) is 8.16. The topological polar surface area (TPSA) is 149 Å². The fraction of sp³-hybridized carbons (Fsp3) is 0.857. The minimum Gasteiger partial charge on any atom is -0.481 e. The largest absolute Gasteiger partial charge is 0.481 e. The van der Waals surface area contributed by atoms with E-state index in [-0.39, 0.29) is 34.1 Å². The summed E-state index contributed by atoms with van der Waals surface area (Å²) in [5.41, 5.74) is 0. The van der Waals surface area contributed by atoms with Gasteiger partial charge in [-0.3, -0.25) is 19.2 Å². The maximum absolute atomic E-state index is 9.96. The second kappa shape index (κ2) is 45.8. The van der Waals surface area contributed by atoms with Crippen LogP contribution < -0.4 is 0 Å². The van der Waals surface area contributed by atoms with E-state index in [0.29, 0.717) is 25.7 Å². The summed E-state index contributed by atoms with van der Waals surface area (Å²) in [5, 5.41) is 32.9. The van der Waals surface area contributed by atoms with Crippen LogP contribution in [0, 0.1) is 0 Å². The van der Waals surface area contributed by atoms with Gasteiger partial charge in [0.05, 0.1) is 0 Å². The SMILES string of the molecule is CCCCCCC(=O)O.CCCCCCC(=O)O.CCCCCCC(=O)O.CCCCCCC(=O)O.[Fe].[Fe]. The average Bonchev–Trinajstić information content (AvgIpc) is 2.81. The van der Waals surface area contributed by atoms with Crippen molar-refractivity contribution in [3.63, 3.8) is 0 Å². The van der Waals surface area contributed by atoms with Gasteiger partial charge in [0, 0.05) is 59.8 Å². The molecule has 0 bridgehead atoms. The van der Waals surface area contributed by atoms with E-state index in [9.17, 15) is 19.2 Å². The first-order chi connectivity index (χ1) is 17.1. The summed E-state index contributed by atoms with van der Waals surface area (Å²) in [7, 11) is 0. The standard InChI is InChI=1S/4C7H14O2.2Fe/c4*1-2-3-4-5-6-7(8)9;;/h4*2-6H2,1H3,(H,8,9);;. The third-order valence-corrected chi connectivity index (χ3v) is 4.98. The molecular weight excluding hydrogens is 576 g/mol. The number of carboxylic acid groups (broad SMARTS) is 4. The Hall–Kier alpha value is -1.08. The molecule has 38 heavy (non-hydrogen) atoms. The van der Waals surface area contributed by atoms with E-state index in [1.165, 1.54) is 25.7 Å². The molecule has 0 heterocycles. The average molecular weight is 632 g/mol. The minimum atomic E-state index is -0.675. The Labute approximate surface area is 253 Å². The number of aliphatic carboxylic acids is 4. The Morgan fingerprint density at radius 2 is 0.500 bits per heavy atom. The van der Waals surface area contributed by atoms with E-state index in [4.69, 9.17) is 20.4 Å². The molecule has 232 valence electrons. The summed E-state index contributed by atoms with van der Waals surface area (Å²) < 4.78 is 0. The van der Waals surface area contributed by atoms with Gasteiger partial charge in [0.15, 0.2) is 0 Å². The van der Waals surface area contributed by atoms with Gasteiger partial charge in [-0.15, -0.1) is 0 Å². The molecule has 0 unspecified atom stereocenters. The zero-order valence-electron chi connectivity index (χ0n) is 24.3. The van der Waals surface area contributed by atoms with Crippen molar-refractivity contribution >= 4 is 23.9 Å². The number of hydrogen-bond acceptors (Lipinski definition) is 4. The van der Waals surface area contributed by atoms with E-state index in [1.54, 1.807) is 0 Å². The molecule has 0 atom stereocenters. The van der Waals surface area contributed by atoms with Gasteiger partial charge in [-0.05, 0) is 25.7 Å². The molecule has 8 nitrogen and oxygen atoms in total. The van der Waals surface area contributed by atoms with Crippen LogP contribution in [0.25, 0.3) is 0 Å². The molecule has 0 spiro atoms. The summed E-state index contributed by atoms with van der Waals surface area (Å²) in [6.45, 7) is 8.45. The number of unbranched alkanes of at least 4 members (excludes halogenated alkanes) is 12. The summed E-state index contributed by atoms with van der Waals surface area (Å²) in [5.74, 6) is -2.70. The number of carboxylic acids is 4. The summed E-state index contributed by atoms with van der Waals surface area (Å²) in [6.07, 6.45) is 18.2. The normalized spacial score (nSPS) is 8.95. The molecular formula is C28H56Fe2O8. The van der Waals surface area contributed by atoms with E-state index in [2.05, 4.69) is 27.7 Å². The zero-order valence-corrected chi connectivity index (χ0v) is 26.5. The molecule has 0 aliphatic carbocycles. The third kappa shape index (κ3) is 76.5.